The molecule has 0 aliphatic rings. The van der Waals surface area contributed by atoms with Gasteiger partial charge >= 0.3 is 0 Å². The second kappa shape index (κ2) is 4.79. The van der Waals surface area contributed by atoms with Gasteiger partial charge in [-0.05, 0) is 13.8 Å². The minimum Gasteiger partial charge on any atom is -0.338 e. The first kappa shape index (κ1) is 12.2. The standard InChI is InChI=1S/C11H16N4O/c1-8(5-6-12)14(3)11(16)10-7-13-15(4)9(10)2/h7-8H,5H2,1-4H3. The Morgan fingerprint density at radius 3 is 2.81 bits per heavy atom. The number of aryl methyl sites for hydroxylation is 1. The van der Waals surface area contributed by atoms with Crippen molar-refractivity contribution in [3.05, 3.63) is 17.5 Å². The van der Waals surface area contributed by atoms with Crippen LogP contribution in [0, 0.1) is 18.3 Å². The van der Waals surface area contributed by atoms with Crippen LogP contribution in [0.4, 0.5) is 0 Å². The van der Waals surface area contributed by atoms with E-state index in [2.05, 4.69) is 11.2 Å². The molecule has 1 atom stereocenters. The Morgan fingerprint density at radius 2 is 2.38 bits per heavy atom. The lowest BCUT2D eigenvalue weighted by atomic mass is 10.2. The van der Waals surface area contributed by atoms with E-state index in [4.69, 9.17) is 5.26 Å². The van der Waals surface area contributed by atoms with Crippen LogP contribution in [-0.4, -0.2) is 33.7 Å². The molecule has 1 unspecified atom stereocenters. The van der Waals surface area contributed by atoms with Gasteiger partial charge in [-0.3, -0.25) is 9.48 Å². The molecule has 1 aromatic heterocycles. The third kappa shape index (κ3) is 2.22. The molecule has 0 N–H and O–H groups in total. The molecular formula is C11H16N4O. The largest absolute Gasteiger partial charge is 0.338 e. The van der Waals surface area contributed by atoms with Crippen molar-refractivity contribution in [2.24, 2.45) is 7.05 Å². The zero-order valence-corrected chi connectivity index (χ0v) is 10.1. The summed E-state index contributed by atoms with van der Waals surface area (Å²) in [5.74, 6) is -0.0895. The molecule has 0 aromatic carbocycles. The van der Waals surface area contributed by atoms with Gasteiger partial charge in [-0.25, -0.2) is 0 Å². The molecule has 0 saturated heterocycles. The maximum atomic E-state index is 12.1. The molecule has 0 bridgehead atoms. The van der Waals surface area contributed by atoms with Crippen LogP contribution in [0.3, 0.4) is 0 Å². The van der Waals surface area contributed by atoms with Crippen molar-refractivity contribution in [2.45, 2.75) is 26.3 Å². The Morgan fingerprint density at radius 1 is 1.75 bits per heavy atom. The lowest BCUT2D eigenvalue weighted by molar-refractivity contribution is 0.0745. The van der Waals surface area contributed by atoms with E-state index in [1.54, 1.807) is 29.9 Å². The fourth-order valence-corrected chi connectivity index (χ4v) is 1.37. The summed E-state index contributed by atoms with van der Waals surface area (Å²) in [6, 6.07) is 1.97. The van der Waals surface area contributed by atoms with Gasteiger partial charge in [0, 0.05) is 25.8 Å². The Bertz CT molecular complexity index is 430. The quantitative estimate of drug-likeness (QED) is 0.766. The molecule has 1 amide bonds. The molecule has 86 valence electrons. The number of carbonyl (C=O) groups is 1. The smallest absolute Gasteiger partial charge is 0.257 e. The Hall–Kier alpha value is -1.83. The minimum absolute atomic E-state index is 0.0860. The number of rotatable bonds is 3. The first-order chi connectivity index (χ1) is 7.49. The number of amides is 1. The summed E-state index contributed by atoms with van der Waals surface area (Å²) in [6.45, 7) is 3.70. The monoisotopic (exact) mass is 220 g/mol. The summed E-state index contributed by atoms with van der Waals surface area (Å²) < 4.78 is 1.66. The van der Waals surface area contributed by atoms with Crippen LogP contribution in [0.2, 0.25) is 0 Å². The van der Waals surface area contributed by atoms with Crippen molar-refractivity contribution in [3.8, 4) is 6.07 Å². The van der Waals surface area contributed by atoms with Gasteiger partial charge in [0.1, 0.15) is 0 Å². The second-order valence-electron chi connectivity index (χ2n) is 3.89. The van der Waals surface area contributed by atoms with Crippen LogP contribution in [0.15, 0.2) is 6.20 Å². The van der Waals surface area contributed by atoms with E-state index in [0.29, 0.717) is 12.0 Å². The fourth-order valence-electron chi connectivity index (χ4n) is 1.37. The predicted octanol–water partition coefficient (Wildman–Crippen LogP) is 1.10. The zero-order chi connectivity index (χ0) is 12.3. The van der Waals surface area contributed by atoms with E-state index in [0.717, 1.165) is 5.69 Å². The van der Waals surface area contributed by atoms with Crippen molar-refractivity contribution in [2.75, 3.05) is 7.05 Å². The van der Waals surface area contributed by atoms with Crippen LogP contribution in [-0.2, 0) is 7.05 Å². The van der Waals surface area contributed by atoms with E-state index in [9.17, 15) is 4.79 Å². The Kier molecular flexibility index (Phi) is 3.67. The highest BCUT2D eigenvalue weighted by molar-refractivity contribution is 5.95. The van der Waals surface area contributed by atoms with Crippen molar-refractivity contribution in [1.82, 2.24) is 14.7 Å². The normalized spacial score (nSPS) is 11.9. The van der Waals surface area contributed by atoms with E-state index in [1.807, 2.05) is 13.8 Å². The molecule has 0 aliphatic heterocycles. The van der Waals surface area contributed by atoms with E-state index < -0.39 is 0 Å². The number of nitriles is 1. The Balaban J connectivity index is 2.87. The molecule has 1 rings (SSSR count). The molecule has 1 aromatic rings. The number of hydrogen-bond donors (Lipinski definition) is 0. The number of carbonyl (C=O) groups excluding carboxylic acids is 1. The molecular weight excluding hydrogens is 204 g/mol. The summed E-state index contributed by atoms with van der Waals surface area (Å²) in [5.41, 5.74) is 1.43. The summed E-state index contributed by atoms with van der Waals surface area (Å²) in [6.07, 6.45) is 1.90. The molecule has 0 spiro atoms. The topological polar surface area (TPSA) is 61.9 Å². The van der Waals surface area contributed by atoms with Gasteiger partial charge in [-0.15, -0.1) is 0 Å². The minimum atomic E-state index is -0.0895. The van der Waals surface area contributed by atoms with Crippen molar-refractivity contribution in [3.63, 3.8) is 0 Å². The summed E-state index contributed by atoms with van der Waals surface area (Å²) in [5, 5.41) is 12.6. The lowest BCUT2D eigenvalue weighted by Crippen LogP contribution is -2.35. The highest BCUT2D eigenvalue weighted by Crippen LogP contribution is 2.11. The first-order valence-electron chi connectivity index (χ1n) is 5.11. The lowest BCUT2D eigenvalue weighted by Gasteiger charge is -2.22. The SMILES string of the molecule is Cc1c(C(=O)N(C)C(C)CC#N)cnn1C. The molecule has 5 nitrogen and oxygen atoms in total. The molecule has 1 heterocycles. The number of aromatic nitrogens is 2. The number of hydrogen-bond acceptors (Lipinski definition) is 3. The molecule has 0 saturated carbocycles. The van der Waals surface area contributed by atoms with E-state index in [-0.39, 0.29) is 11.9 Å². The summed E-state index contributed by atoms with van der Waals surface area (Å²) in [7, 11) is 3.50. The third-order valence-electron chi connectivity index (χ3n) is 2.83. The summed E-state index contributed by atoms with van der Waals surface area (Å²) >= 11 is 0. The molecule has 0 radical (unpaired) electrons. The Labute approximate surface area is 95.3 Å². The third-order valence-corrected chi connectivity index (χ3v) is 2.83. The molecule has 0 aliphatic carbocycles. The van der Waals surface area contributed by atoms with Gasteiger partial charge in [0.15, 0.2) is 0 Å². The maximum Gasteiger partial charge on any atom is 0.257 e. The highest BCUT2D eigenvalue weighted by atomic mass is 16.2. The van der Waals surface area contributed by atoms with Gasteiger partial charge in [-0.1, -0.05) is 0 Å². The molecule has 16 heavy (non-hydrogen) atoms. The fraction of sp³-hybridized carbons (Fsp3) is 0.545. The van der Waals surface area contributed by atoms with Crippen LogP contribution < -0.4 is 0 Å². The van der Waals surface area contributed by atoms with Crippen molar-refractivity contribution in [1.29, 1.82) is 5.26 Å². The highest BCUT2D eigenvalue weighted by Gasteiger charge is 2.20. The zero-order valence-electron chi connectivity index (χ0n) is 10.1. The van der Waals surface area contributed by atoms with Crippen molar-refractivity contribution < 1.29 is 4.79 Å². The average molecular weight is 220 g/mol. The average Bonchev–Trinajstić information content (AvgIpc) is 2.58. The summed E-state index contributed by atoms with van der Waals surface area (Å²) in [4.78, 5) is 13.6. The van der Waals surface area contributed by atoms with Gasteiger partial charge in [0.2, 0.25) is 0 Å². The van der Waals surface area contributed by atoms with E-state index >= 15 is 0 Å². The van der Waals surface area contributed by atoms with Gasteiger partial charge in [0.05, 0.1) is 24.3 Å². The van der Waals surface area contributed by atoms with Crippen LogP contribution >= 0.6 is 0 Å². The first-order valence-corrected chi connectivity index (χ1v) is 5.11. The van der Waals surface area contributed by atoms with Gasteiger partial charge in [0.25, 0.3) is 5.91 Å². The predicted molar refractivity (Wildman–Crippen MR) is 59.7 cm³/mol. The van der Waals surface area contributed by atoms with Gasteiger partial charge in [-0.2, -0.15) is 10.4 Å². The van der Waals surface area contributed by atoms with Crippen LogP contribution in [0.25, 0.3) is 0 Å². The molecule has 0 fully saturated rings. The van der Waals surface area contributed by atoms with Crippen molar-refractivity contribution >= 4 is 5.91 Å². The second-order valence-corrected chi connectivity index (χ2v) is 3.89. The van der Waals surface area contributed by atoms with E-state index in [1.165, 1.54) is 0 Å². The van der Waals surface area contributed by atoms with Crippen LogP contribution in [0.5, 0.6) is 0 Å². The number of nitrogens with zero attached hydrogens (tertiary/aromatic N) is 4. The van der Waals surface area contributed by atoms with Gasteiger partial charge < -0.3 is 4.90 Å². The molecule has 5 heteroatoms. The van der Waals surface area contributed by atoms with Crippen LogP contribution in [0.1, 0.15) is 29.4 Å². The maximum absolute atomic E-state index is 12.1.